The van der Waals surface area contributed by atoms with Gasteiger partial charge in [0.05, 0.1) is 7.11 Å². The lowest BCUT2D eigenvalue weighted by atomic mass is 10.2. The predicted molar refractivity (Wildman–Crippen MR) is 77.6 cm³/mol. The maximum absolute atomic E-state index is 11.6. The lowest BCUT2D eigenvalue weighted by molar-refractivity contribution is -0.137. The molecule has 1 amide bonds. The Kier molecular flexibility index (Phi) is 7.71. The Hall–Kier alpha value is -2.24. The average Bonchev–Trinajstić information content (AvgIpc) is 2.48. The Bertz CT molecular complexity index is 461. The van der Waals surface area contributed by atoms with Gasteiger partial charge in [0, 0.05) is 19.0 Å². The first-order chi connectivity index (χ1) is 10.1. The summed E-state index contributed by atoms with van der Waals surface area (Å²) >= 11 is 0. The summed E-state index contributed by atoms with van der Waals surface area (Å²) in [6.45, 7) is 0.474. The number of hydrogen-bond donors (Lipinski definition) is 2. The molecule has 21 heavy (non-hydrogen) atoms. The van der Waals surface area contributed by atoms with Crippen LogP contribution in [0.15, 0.2) is 24.3 Å². The van der Waals surface area contributed by atoms with Gasteiger partial charge in [0.2, 0.25) is 0 Å². The van der Waals surface area contributed by atoms with Crippen molar-refractivity contribution in [1.29, 1.82) is 0 Å². The third-order valence-electron chi connectivity index (χ3n) is 2.80. The van der Waals surface area contributed by atoms with Gasteiger partial charge in [-0.15, -0.1) is 0 Å². The molecule has 0 saturated carbocycles. The Morgan fingerprint density at radius 2 is 1.95 bits per heavy atom. The van der Waals surface area contributed by atoms with E-state index in [-0.39, 0.29) is 18.9 Å². The van der Waals surface area contributed by atoms with Crippen LogP contribution >= 0.6 is 0 Å². The van der Waals surface area contributed by atoms with Crippen LogP contribution in [0.5, 0.6) is 11.5 Å². The first kappa shape index (κ1) is 16.8. The molecular weight excluding hydrogens is 274 g/mol. The molecule has 2 N–H and O–H groups in total. The number of carboxylic acids is 1. The van der Waals surface area contributed by atoms with Crippen molar-refractivity contribution in [2.24, 2.45) is 0 Å². The minimum atomic E-state index is -0.786. The van der Waals surface area contributed by atoms with Gasteiger partial charge in [0.15, 0.2) is 6.61 Å². The summed E-state index contributed by atoms with van der Waals surface area (Å²) in [6, 6.07) is 7.04. The number of nitrogens with one attached hydrogen (secondary N) is 1. The van der Waals surface area contributed by atoms with Crippen LogP contribution < -0.4 is 14.8 Å². The Morgan fingerprint density at radius 3 is 2.67 bits per heavy atom. The summed E-state index contributed by atoms with van der Waals surface area (Å²) < 4.78 is 10.4. The topological polar surface area (TPSA) is 84.9 Å². The number of hydrogen-bond acceptors (Lipinski definition) is 4. The second-order valence-electron chi connectivity index (χ2n) is 4.52. The van der Waals surface area contributed by atoms with Crippen LogP contribution in [0.3, 0.4) is 0 Å². The van der Waals surface area contributed by atoms with Crippen LogP contribution in [0.1, 0.15) is 25.7 Å². The van der Waals surface area contributed by atoms with E-state index >= 15 is 0 Å². The van der Waals surface area contributed by atoms with E-state index in [0.717, 1.165) is 12.8 Å². The minimum Gasteiger partial charge on any atom is -0.497 e. The van der Waals surface area contributed by atoms with Crippen molar-refractivity contribution in [3.63, 3.8) is 0 Å². The number of amides is 1. The molecule has 0 aromatic heterocycles. The van der Waals surface area contributed by atoms with E-state index in [2.05, 4.69) is 5.32 Å². The number of carbonyl (C=O) groups is 2. The number of carbonyl (C=O) groups excluding carboxylic acids is 1. The highest BCUT2D eigenvalue weighted by Gasteiger charge is 2.03. The Balaban J connectivity index is 2.12. The molecule has 6 heteroatoms. The molecule has 0 heterocycles. The number of unbranched alkanes of at least 4 members (excludes halogenated alkanes) is 2. The summed E-state index contributed by atoms with van der Waals surface area (Å²) in [5, 5.41) is 11.2. The number of rotatable bonds is 10. The standard InChI is InChI=1S/C15H21NO5/c1-20-12-6-5-7-13(10-12)21-11-14(17)16-9-4-2-3-8-15(18)19/h5-7,10H,2-4,8-9,11H2,1H3,(H,16,17)(H,18,19). The van der Waals surface area contributed by atoms with Crippen LogP contribution in [0.25, 0.3) is 0 Å². The summed E-state index contributed by atoms with van der Waals surface area (Å²) in [4.78, 5) is 21.9. The Labute approximate surface area is 124 Å². The van der Waals surface area contributed by atoms with Crippen LogP contribution in [-0.4, -0.2) is 37.2 Å². The molecule has 0 aliphatic rings. The zero-order chi connectivity index (χ0) is 15.5. The molecule has 0 fully saturated rings. The monoisotopic (exact) mass is 295 g/mol. The van der Waals surface area contributed by atoms with Gasteiger partial charge in [-0.3, -0.25) is 9.59 Å². The molecule has 0 unspecified atom stereocenters. The van der Waals surface area contributed by atoms with Crippen molar-refractivity contribution < 1.29 is 24.2 Å². The lowest BCUT2D eigenvalue weighted by Gasteiger charge is -2.08. The molecule has 116 valence electrons. The fraction of sp³-hybridized carbons (Fsp3) is 0.467. The number of methoxy groups -OCH3 is 1. The van der Waals surface area contributed by atoms with Crippen molar-refractivity contribution >= 4 is 11.9 Å². The van der Waals surface area contributed by atoms with Crippen molar-refractivity contribution in [3.8, 4) is 11.5 Å². The fourth-order valence-electron chi connectivity index (χ4n) is 1.70. The van der Waals surface area contributed by atoms with Crippen LogP contribution in [0, 0.1) is 0 Å². The van der Waals surface area contributed by atoms with Gasteiger partial charge in [-0.1, -0.05) is 12.5 Å². The first-order valence-electron chi connectivity index (χ1n) is 6.87. The summed E-state index contributed by atoms with van der Waals surface area (Å²) in [7, 11) is 1.57. The van der Waals surface area contributed by atoms with E-state index in [1.54, 1.807) is 31.4 Å². The molecule has 0 aliphatic heterocycles. The molecule has 0 atom stereocenters. The van der Waals surface area contributed by atoms with Gasteiger partial charge in [-0.2, -0.15) is 0 Å². The van der Waals surface area contributed by atoms with Crippen LogP contribution in [0.4, 0.5) is 0 Å². The molecular formula is C15H21NO5. The number of aliphatic carboxylic acids is 1. The maximum atomic E-state index is 11.6. The van der Waals surface area contributed by atoms with E-state index < -0.39 is 5.97 Å². The third kappa shape index (κ3) is 7.81. The van der Waals surface area contributed by atoms with E-state index in [9.17, 15) is 9.59 Å². The van der Waals surface area contributed by atoms with Gasteiger partial charge < -0.3 is 19.9 Å². The van der Waals surface area contributed by atoms with Crippen LogP contribution in [0.2, 0.25) is 0 Å². The summed E-state index contributed by atoms with van der Waals surface area (Å²) in [6.07, 6.45) is 2.35. The minimum absolute atomic E-state index is 0.0533. The average molecular weight is 295 g/mol. The fourth-order valence-corrected chi connectivity index (χ4v) is 1.70. The van der Waals surface area contributed by atoms with Crippen LogP contribution in [-0.2, 0) is 9.59 Å². The second kappa shape index (κ2) is 9.63. The molecule has 0 radical (unpaired) electrons. The summed E-state index contributed by atoms with van der Waals surface area (Å²) in [5.74, 6) is 0.263. The molecule has 0 bridgehead atoms. The third-order valence-corrected chi connectivity index (χ3v) is 2.80. The summed E-state index contributed by atoms with van der Waals surface area (Å²) in [5.41, 5.74) is 0. The smallest absolute Gasteiger partial charge is 0.303 e. The van der Waals surface area contributed by atoms with Gasteiger partial charge in [0.25, 0.3) is 5.91 Å². The SMILES string of the molecule is COc1cccc(OCC(=O)NCCCCCC(=O)O)c1. The van der Waals surface area contributed by atoms with Crippen molar-refractivity contribution in [2.45, 2.75) is 25.7 Å². The van der Waals surface area contributed by atoms with Gasteiger partial charge in [-0.05, 0) is 25.0 Å². The van der Waals surface area contributed by atoms with Gasteiger partial charge in [0.1, 0.15) is 11.5 Å². The van der Waals surface area contributed by atoms with Gasteiger partial charge in [-0.25, -0.2) is 0 Å². The zero-order valence-corrected chi connectivity index (χ0v) is 12.1. The van der Waals surface area contributed by atoms with E-state index in [0.29, 0.717) is 24.5 Å². The highest BCUT2D eigenvalue weighted by Crippen LogP contribution is 2.18. The Morgan fingerprint density at radius 1 is 1.19 bits per heavy atom. The number of ether oxygens (including phenoxy) is 2. The molecule has 1 rings (SSSR count). The van der Waals surface area contributed by atoms with Crippen molar-refractivity contribution in [1.82, 2.24) is 5.32 Å². The van der Waals surface area contributed by atoms with Gasteiger partial charge >= 0.3 is 5.97 Å². The van der Waals surface area contributed by atoms with Crippen molar-refractivity contribution in [2.75, 3.05) is 20.3 Å². The molecule has 0 spiro atoms. The lowest BCUT2D eigenvalue weighted by Crippen LogP contribution is -2.29. The quantitative estimate of drug-likeness (QED) is 0.643. The number of benzene rings is 1. The highest BCUT2D eigenvalue weighted by atomic mass is 16.5. The second-order valence-corrected chi connectivity index (χ2v) is 4.52. The predicted octanol–water partition coefficient (Wildman–Crippen LogP) is 1.84. The van der Waals surface area contributed by atoms with E-state index in [4.69, 9.17) is 14.6 Å². The maximum Gasteiger partial charge on any atom is 0.303 e. The molecule has 0 aliphatic carbocycles. The largest absolute Gasteiger partial charge is 0.497 e. The molecule has 1 aromatic carbocycles. The zero-order valence-electron chi connectivity index (χ0n) is 12.1. The number of carboxylic acid groups (broad SMARTS) is 1. The molecule has 6 nitrogen and oxygen atoms in total. The van der Waals surface area contributed by atoms with Crippen molar-refractivity contribution in [3.05, 3.63) is 24.3 Å². The first-order valence-corrected chi connectivity index (χ1v) is 6.87. The highest BCUT2D eigenvalue weighted by molar-refractivity contribution is 5.77. The van der Waals surface area contributed by atoms with E-state index in [1.807, 2.05) is 0 Å². The normalized spacial score (nSPS) is 9.95. The van der Waals surface area contributed by atoms with E-state index in [1.165, 1.54) is 0 Å². The molecule has 1 aromatic rings. The molecule has 0 saturated heterocycles.